The van der Waals surface area contributed by atoms with Crippen LogP contribution < -0.4 is 24.4 Å². The Labute approximate surface area is 211 Å². The standard InChI is InChI=1S/C27H27FN2O5S/c1-5-7-20-23(26(32)35-6-2)24(19-15-18(33-3)12-13-21(19)34-4)30-25(31)22(36-27(30)29-20)14-16-8-10-17(28)11-9-16/h8-15,24H,5-7H2,1-4H3/b22-14-/t24-/m0/s1. The molecule has 4 rings (SSSR count). The molecule has 0 spiro atoms. The summed E-state index contributed by atoms with van der Waals surface area (Å²) in [4.78, 5) is 32.3. The van der Waals surface area contributed by atoms with Crippen LogP contribution in [0.25, 0.3) is 6.08 Å². The third kappa shape index (κ3) is 4.83. The number of nitrogens with zero attached hydrogens (tertiary/aromatic N) is 2. The van der Waals surface area contributed by atoms with E-state index in [-0.39, 0.29) is 18.0 Å². The Hall–Kier alpha value is -3.72. The zero-order valence-electron chi connectivity index (χ0n) is 20.5. The van der Waals surface area contributed by atoms with Gasteiger partial charge >= 0.3 is 5.97 Å². The Balaban J connectivity index is 2.05. The molecular weight excluding hydrogens is 483 g/mol. The lowest BCUT2D eigenvalue weighted by Gasteiger charge is -2.27. The topological polar surface area (TPSA) is 79.1 Å². The Morgan fingerprint density at radius 3 is 2.53 bits per heavy atom. The number of allylic oxidation sites excluding steroid dienone is 1. The Morgan fingerprint density at radius 2 is 1.89 bits per heavy atom. The molecule has 0 amide bonds. The number of halogens is 1. The highest BCUT2D eigenvalue weighted by Crippen LogP contribution is 2.38. The maximum atomic E-state index is 13.8. The second kappa shape index (κ2) is 10.9. The first-order valence-electron chi connectivity index (χ1n) is 11.6. The number of ether oxygens (including phenoxy) is 3. The maximum Gasteiger partial charge on any atom is 0.338 e. The summed E-state index contributed by atoms with van der Waals surface area (Å²) in [7, 11) is 3.08. The molecule has 0 bridgehead atoms. The zero-order chi connectivity index (χ0) is 25.8. The van der Waals surface area contributed by atoms with Gasteiger partial charge in [0.05, 0.1) is 36.6 Å². The van der Waals surface area contributed by atoms with Crippen molar-refractivity contribution in [3.8, 4) is 11.5 Å². The van der Waals surface area contributed by atoms with Gasteiger partial charge in [0.25, 0.3) is 5.56 Å². The third-order valence-corrected chi connectivity index (χ3v) is 6.77. The lowest BCUT2D eigenvalue weighted by atomic mass is 9.93. The van der Waals surface area contributed by atoms with E-state index < -0.39 is 12.0 Å². The number of hydrogen-bond acceptors (Lipinski definition) is 7. The molecule has 9 heteroatoms. The number of hydrogen-bond donors (Lipinski definition) is 0. The van der Waals surface area contributed by atoms with Crippen molar-refractivity contribution >= 4 is 23.4 Å². The monoisotopic (exact) mass is 510 g/mol. The van der Waals surface area contributed by atoms with Gasteiger partial charge in [-0.2, -0.15) is 0 Å². The van der Waals surface area contributed by atoms with E-state index in [0.29, 0.717) is 49.7 Å². The summed E-state index contributed by atoms with van der Waals surface area (Å²) in [5, 5.41) is 0. The quantitative estimate of drug-likeness (QED) is 0.432. The molecule has 2 aromatic carbocycles. The van der Waals surface area contributed by atoms with E-state index >= 15 is 0 Å². The number of carbonyl (C=O) groups excluding carboxylic acids is 1. The second-order valence-corrected chi connectivity index (χ2v) is 9.08. The lowest BCUT2D eigenvalue weighted by molar-refractivity contribution is -0.139. The molecule has 7 nitrogen and oxygen atoms in total. The van der Waals surface area contributed by atoms with Gasteiger partial charge in [-0.3, -0.25) is 9.36 Å². The van der Waals surface area contributed by atoms with Crippen molar-refractivity contribution < 1.29 is 23.4 Å². The van der Waals surface area contributed by atoms with Crippen molar-refractivity contribution in [2.24, 2.45) is 4.99 Å². The molecule has 0 saturated heterocycles. The summed E-state index contributed by atoms with van der Waals surface area (Å²) in [6.07, 6.45) is 2.96. The summed E-state index contributed by atoms with van der Waals surface area (Å²) < 4.78 is 31.8. The summed E-state index contributed by atoms with van der Waals surface area (Å²) in [5.74, 6) is 0.152. The molecule has 1 aromatic heterocycles. The minimum absolute atomic E-state index is 0.179. The highest BCUT2D eigenvalue weighted by molar-refractivity contribution is 7.07. The average molecular weight is 511 g/mol. The largest absolute Gasteiger partial charge is 0.497 e. The SMILES string of the molecule is CCCC1=C(C(=O)OCC)[C@H](c2cc(OC)ccc2OC)n2c(s/c(=C\c3ccc(F)cc3)c2=O)=N1. The fraction of sp³-hybridized carbons (Fsp3) is 0.296. The van der Waals surface area contributed by atoms with Crippen LogP contribution in [-0.4, -0.2) is 31.4 Å². The van der Waals surface area contributed by atoms with E-state index in [4.69, 9.17) is 19.2 Å². The first kappa shape index (κ1) is 25.4. The number of esters is 1. The number of fused-ring (bicyclic) bond motifs is 1. The third-order valence-electron chi connectivity index (χ3n) is 5.79. The van der Waals surface area contributed by atoms with E-state index in [1.807, 2.05) is 6.92 Å². The summed E-state index contributed by atoms with van der Waals surface area (Å²) >= 11 is 1.22. The molecular formula is C27H27FN2O5S. The van der Waals surface area contributed by atoms with Crippen LogP contribution in [-0.2, 0) is 9.53 Å². The van der Waals surface area contributed by atoms with Crippen molar-refractivity contribution in [3.63, 3.8) is 0 Å². The van der Waals surface area contributed by atoms with Crippen LogP contribution in [0.15, 0.2) is 63.5 Å². The highest BCUT2D eigenvalue weighted by Gasteiger charge is 2.36. The molecule has 0 aliphatic carbocycles. The molecule has 1 atom stereocenters. The molecule has 188 valence electrons. The Bertz CT molecular complexity index is 1490. The molecule has 0 radical (unpaired) electrons. The maximum absolute atomic E-state index is 13.8. The van der Waals surface area contributed by atoms with Gasteiger partial charge in [-0.1, -0.05) is 36.8 Å². The number of carbonyl (C=O) groups is 1. The van der Waals surface area contributed by atoms with E-state index in [0.717, 1.165) is 6.42 Å². The van der Waals surface area contributed by atoms with E-state index in [1.165, 1.54) is 35.1 Å². The van der Waals surface area contributed by atoms with Gasteiger partial charge in [-0.05, 0) is 55.3 Å². The minimum atomic E-state index is -0.831. The molecule has 0 unspecified atom stereocenters. The Morgan fingerprint density at radius 1 is 1.14 bits per heavy atom. The van der Waals surface area contributed by atoms with Crippen molar-refractivity contribution in [1.29, 1.82) is 0 Å². The number of thiazole rings is 1. The van der Waals surface area contributed by atoms with Crippen molar-refractivity contribution in [3.05, 3.63) is 90.4 Å². The Kier molecular flexibility index (Phi) is 7.69. The molecule has 0 N–H and O–H groups in total. The van der Waals surface area contributed by atoms with Gasteiger partial charge in [0, 0.05) is 5.56 Å². The van der Waals surface area contributed by atoms with Gasteiger partial charge in [0.2, 0.25) is 0 Å². The molecule has 1 aliphatic heterocycles. The zero-order valence-corrected chi connectivity index (χ0v) is 21.4. The minimum Gasteiger partial charge on any atom is -0.497 e. The van der Waals surface area contributed by atoms with Crippen LogP contribution in [0.3, 0.4) is 0 Å². The second-order valence-electron chi connectivity index (χ2n) is 8.07. The van der Waals surface area contributed by atoms with Crippen molar-refractivity contribution in [2.75, 3.05) is 20.8 Å². The predicted molar refractivity (Wildman–Crippen MR) is 136 cm³/mol. The number of rotatable bonds is 8. The van der Waals surface area contributed by atoms with Gasteiger partial charge in [0.1, 0.15) is 23.4 Å². The molecule has 0 fully saturated rings. The molecule has 0 saturated carbocycles. The predicted octanol–water partition coefficient (Wildman–Crippen LogP) is 3.73. The number of methoxy groups -OCH3 is 2. The fourth-order valence-corrected chi connectivity index (χ4v) is 5.20. The summed E-state index contributed by atoms with van der Waals surface area (Å²) in [6, 6.07) is 10.3. The van der Waals surface area contributed by atoms with Gasteiger partial charge in [-0.25, -0.2) is 14.2 Å². The first-order chi connectivity index (χ1) is 17.4. The first-order valence-corrected chi connectivity index (χ1v) is 12.4. The summed E-state index contributed by atoms with van der Waals surface area (Å²) in [6.45, 7) is 3.91. The van der Waals surface area contributed by atoms with Crippen molar-refractivity contribution in [1.82, 2.24) is 4.57 Å². The lowest BCUT2D eigenvalue weighted by Crippen LogP contribution is -2.40. The van der Waals surface area contributed by atoms with Gasteiger partial charge in [0.15, 0.2) is 4.80 Å². The van der Waals surface area contributed by atoms with Crippen LogP contribution in [0, 0.1) is 5.82 Å². The van der Waals surface area contributed by atoms with Crippen LogP contribution in [0.5, 0.6) is 11.5 Å². The molecule has 3 aromatic rings. The van der Waals surface area contributed by atoms with Crippen LogP contribution in [0.1, 0.15) is 43.9 Å². The molecule has 2 heterocycles. The smallest absolute Gasteiger partial charge is 0.338 e. The van der Waals surface area contributed by atoms with E-state index in [1.54, 1.807) is 50.4 Å². The van der Waals surface area contributed by atoms with Crippen LogP contribution >= 0.6 is 11.3 Å². The highest BCUT2D eigenvalue weighted by atomic mass is 32.1. The molecule has 36 heavy (non-hydrogen) atoms. The number of benzene rings is 2. The fourth-order valence-electron chi connectivity index (χ4n) is 4.18. The van der Waals surface area contributed by atoms with Crippen molar-refractivity contribution in [2.45, 2.75) is 32.7 Å². The summed E-state index contributed by atoms with van der Waals surface area (Å²) in [5.41, 5.74) is 1.80. The number of aromatic nitrogens is 1. The van der Waals surface area contributed by atoms with E-state index in [9.17, 15) is 14.0 Å². The van der Waals surface area contributed by atoms with Crippen LogP contribution in [0.2, 0.25) is 0 Å². The van der Waals surface area contributed by atoms with Crippen LogP contribution in [0.4, 0.5) is 4.39 Å². The van der Waals surface area contributed by atoms with Gasteiger partial charge < -0.3 is 14.2 Å². The van der Waals surface area contributed by atoms with E-state index in [2.05, 4.69) is 0 Å². The van der Waals surface area contributed by atoms with Gasteiger partial charge in [-0.15, -0.1) is 0 Å². The normalized spacial score (nSPS) is 15.4. The average Bonchev–Trinajstić information content (AvgIpc) is 3.18. The molecule has 1 aliphatic rings.